The number of amidine groups is 1. The summed E-state index contributed by atoms with van der Waals surface area (Å²) in [4.78, 5) is 0. The molecule has 4 N–H and O–H groups in total. The van der Waals surface area contributed by atoms with Gasteiger partial charge in [-0.25, -0.2) is 4.39 Å². The summed E-state index contributed by atoms with van der Waals surface area (Å²) in [5.74, 6) is -0.717. The minimum absolute atomic E-state index is 0.0944. The van der Waals surface area contributed by atoms with Crippen molar-refractivity contribution in [2.75, 3.05) is 0 Å². The van der Waals surface area contributed by atoms with Crippen molar-refractivity contribution in [1.29, 1.82) is 0 Å². The van der Waals surface area contributed by atoms with E-state index in [1.165, 1.54) is 12.1 Å². The Bertz CT molecular complexity index is 969. The summed E-state index contributed by atoms with van der Waals surface area (Å²) in [6.45, 7) is 3.52. The lowest BCUT2D eigenvalue weighted by Crippen LogP contribution is -2.18. The number of aromatic nitrogens is 2. The second kappa shape index (κ2) is 5.97. The monoisotopic (exact) mass is 344 g/mol. The number of rotatable bonds is 3. The fraction of sp³-hybridized carbons (Fsp3) is 0.176. The lowest BCUT2D eigenvalue weighted by Gasteiger charge is -2.08. The molecule has 2 aromatic heterocycles. The average molecular weight is 344 g/mol. The van der Waals surface area contributed by atoms with Gasteiger partial charge in [0.15, 0.2) is 17.4 Å². The van der Waals surface area contributed by atoms with Gasteiger partial charge in [-0.05, 0) is 31.5 Å². The number of nitrogens with two attached hydrogens (primary N) is 1. The Balaban J connectivity index is 2.39. The summed E-state index contributed by atoms with van der Waals surface area (Å²) in [6.07, 6.45) is 1.74. The highest BCUT2D eigenvalue weighted by molar-refractivity contribution is 6.06. The van der Waals surface area contributed by atoms with Crippen LogP contribution in [0.2, 0.25) is 0 Å². The van der Waals surface area contributed by atoms with Crippen molar-refractivity contribution in [1.82, 2.24) is 9.72 Å². The highest BCUT2D eigenvalue weighted by Gasteiger charge is 2.25. The fourth-order valence-electron chi connectivity index (χ4n) is 2.97. The normalized spacial score (nSPS) is 11.9. The number of phenols is 1. The van der Waals surface area contributed by atoms with Gasteiger partial charge in [-0.1, -0.05) is 16.4 Å². The molecule has 0 aliphatic heterocycles. The number of benzene rings is 1. The number of hydrogen-bond acceptors (Lipinski definition) is 5. The topological polar surface area (TPSA) is 110 Å². The van der Waals surface area contributed by atoms with E-state index in [9.17, 15) is 9.50 Å². The van der Waals surface area contributed by atoms with Crippen LogP contribution in [0, 0.1) is 19.7 Å². The van der Waals surface area contributed by atoms with Gasteiger partial charge in [0.05, 0.1) is 17.0 Å². The maximum absolute atomic E-state index is 13.9. The second-order valence-corrected chi connectivity index (χ2v) is 5.73. The van der Waals surface area contributed by atoms with Gasteiger partial charge in [0, 0.05) is 24.4 Å². The predicted octanol–water partition coefficient (Wildman–Crippen LogP) is 2.90. The van der Waals surface area contributed by atoms with E-state index in [1.54, 1.807) is 37.7 Å². The molecule has 8 heteroatoms. The van der Waals surface area contributed by atoms with Gasteiger partial charge >= 0.3 is 0 Å². The maximum atomic E-state index is 13.9. The summed E-state index contributed by atoms with van der Waals surface area (Å²) in [5, 5.41) is 25.6. The largest absolute Gasteiger partial charge is 0.505 e. The van der Waals surface area contributed by atoms with Crippen LogP contribution in [0.4, 0.5) is 4.39 Å². The molecule has 0 saturated heterocycles. The van der Waals surface area contributed by atoms with Crippen molar-refractivity contribution in [3.63, 3.8) is 0 Å². The molecule has 25 heavy (non-hydrogen) atoms. The molecule has 2 heterocycles. The highest BCUT2D eigenvalue weighted by Crippen LogP contribution is 2.40. The fourth-order valence-corrected chi connectivity index (χ4v) is 2.97. The smallest absolute Gasteiger partial charge is 0.187 e. The number of hydrogen-bond donors (Lipinski definition) is 3. The third kappa shape index (κ3) is 2.61. The van der Waals surface area contributed by atoms with Crippen molar-refractivity contribution in [2.24, 2.45) is 17.9 Å². The Morgan fingerprint density at radius 3 is 2.60 bits per heavy atom. The van der Waals surface area contributed by atoms with Crippen LogP contribution >= 0.6 is 0 Å². The first-order valence-corrected chi connectivity index (χ1v) is 7.44. The van der Waals surface area contributed by atoms with E-state index in [0.717, 1.165) is 0 Å². The number of oxime groups is 1. The molecule has 3 aromatic rings. The molecule has 0 atom stereocenters. The molecule has 0 fully saturated rings. The molecule has 0 spiro atoms. The molecule has 0 bridgehead atoms. The van der Waals surface area contributed by atoms with Crippen LogP contribution in [0.25, 0.3) is 22.3 Å². The van der Waals surface area contributed by atoms with Gasteiger partial charge in [-0.15, -0.1) is 0 Å². The molecule has 7 nitrogen and oxygen atoms in total. The van der Waals surface area contributed by atoms with Gasteiger partial charge in [0.1, 0.15) is 5.76 Å². The van der Waals surface area contributed by atoms with E-state index >= 15 is 0 Å². The Morgan fingerprint density at radius 1 is 1.32 bits per heavy atom. The summed E-state index contributed by atoms with van der Waals surface area (Å²) >= 11 is 0. The van der Waals surface area contributed by atoms with Crippen molar-refractivity contribution in [3.05, 3.63) is 47.4 Å². The molecule has 1 aromatic carbocycles. The summed E-state index contributed by atoms with van der Waals surface area (Å²) in [5.41, 5.74) is 9.39. The van der Waals surface area contributed by atoms with Crippen LogP contribution in [0.5, 0.6) is 5.75 Å². The zero-order valence-corrected chi connectivity index (χ0v) is 13.9. The zero-order valence-electron chi connectivity index (χ0n) is 13.9. The lowest BCUT2D eigenvalue weighted by atomic mass is 9.95. The van der Waals surface area contributed by atoms with E-state index in [4.69, 9.17) is 15.5 Å². The maximum Gasteiger partial charge on any atom is 0.187 e. The predicted molar refractivity (Wildman–Crippen MR) is 90.0 cm³/mol. The van der Waals surface area contributed by atoms with Gasteiger partial charge in [-0.3, -0.25) is 0 Å². The van der Waals surface area contributed by atoms with E-state index in [-0.39, 0.29) is 5.84 Å². The molecule has 0 aliphatic carbocycles. The van der Waals surface area contributed by atoms with Gasteiger partial charge in [0.25, 0.3) is 0 Å². The molecule has 0 unspecified atom stereocenters. The summed E-state index contributed by atoms with van der Waals surface area (Å²) in [7, 11) is 1.73. The molecule has 3 rings (SSSR count). The molecular weight excluding hydrogens is 327 g/mol. The minimum Gasteiger partial charge on any atom is -0.505 e. The minimum atomic E-state index is -0.739. The van der Waals surface area contributed by atoms with Gasteiger partial charge < -0.3 is 25.1 Å². The first-order chi connectivity index (χ1) is 11.8. The third-order valence-electron chi connectivity index (χ3n) is 4.07. The second-order valence-electron chi connectivity index (χ2n) is 5.73. The number of halogens is 1. The van der Waals surface area contributed by atoms with Crippen molar-refractivity contribution in [2.45, 2.75) is 13.8 Å². The van der Waals surface area contributed by atoms with Crippen molar-refractivity contribution >= 4 is 5.84 Å². The van der Waals surface area contributed by atoms with Crippen LogP contribution < -0.4 is 5.73 Å². The summed E-state index contributed by atoms with van der Waals surface area (Å²) < 4.78 is 20.8. The van der Waals surface area contributed by atoms with Crippen LogP contribution in [-0.2, 0) is 7.05 Å². The van der Waals surface area contributed by atoms with Crippen molar-refractivity contribution in [3.8, 4) is 28.0 Å². The van der Waals surface area contributed by atoms with Gasteiger partial charge in [0.2, 0.25) is 0 Å². The zero-order chi connectivity index (χ0) is 18.3. The van der Waals surface area contributed by atoms with Crippen LogP contribution in [0.1, 0.15) is 17.1 Å². The molecule has 130 valence electrons. The Hall–Kier alpha value is -3.29. The standard InChI is InChI=1S/C17H17FN4O3/c1-8-14(9(2)25-21-8)15-11(7-22(3)16(15)17(19)20-24)10-4-5-13(23)12(18)6-10/h4-7,23-24H,1-3H3,(H2,19,20). The van der Waals surface area contributed by atoms with Crippen LogP contribution in [0.3, 0.4) is 0 Å². The van der Waals surface area contributed by atoms with Gasteiger partial charge in [-0.2, -0.15) is 0 Å². The highest BCUT2D eigenvalue weighted by atomic mass is 19.1. The summed E-state index contributed by atoms with van der Waals surface area (Å²) in [6, 6.07) is 4.09. The molecule has 0 aliphatic rings. The SMILES string of the molecule is Cc1noc(C)c1-c1c(-c2ccc(O)c(F)c2)cn(C)c1/C(N)=N/O. The third-order valence-corrected chi connectivity index (χ3v) is 4.07. The van der Waals surface area contributed by atoms with Crippen LogP contribution in [-0.4, -0.2) is 25.9 Å². The number of aryl methyl sites for hydroxylation is 3. The lowest BCUT2D eigenvalue weighted by molar-refractivity contribution is 0.318. The van der Waals surface area contributed by atoms with Crippen LogP contribution in [0.15, 0.2) is 34.1 Å². The number of nitrogens with zero attached hydrogens (tertiary/aromatic N) is 3. The Morgan fingerprint density at radius 2 is 2.04 bits per heavy atom. The molecule has 0 radical (unpaired) electrons. The van der Waals surface area contributed by atoms with E-state index in [2.05, 4.69) is 10.3 Å². The molecule has 0 saturated carbocycles. The first kappa shape index (κ1) is 16.6. The Labute approximate surface area is 142 Å². The molecule has 0 amide bonds. The van der Waals surface area contributed by atoms with E-state index in [1.807, 2.05) is 0 Å². The number of aromatic hydroxyl groups is 1. The quantitative estimate of drug-likeness (QED) is 0.293. The Kier molecular flexibility index (Phi) is 3.96. The number of phenolic OH excluding ortho intramolecular Hbond substituents is 1. The molecular formula is C17H17FN4O3. The van der Waals surface area contributed by atoms with E-state index < -0.39 is 11.6 Å². The average Bonchev–Trinajstić information content (AvgIpc) is 3.08. The van der Waals surface area contributed by atoms with E-state index in [0.29, 0.717) is 39.4 Å². The first-order valence-electron chi connectivity index (χ1n) is 7.44. The van der Waals surface area contributed by atoms with Crippen molar-refractivity contribution < 1.29 is 19.2 Å².